The van der Waals surface area contributed by atoms with Crippen molar-refractivity contribution in [2.45, 2.75) is 32.1 Å². The summed E-state index contributed by atoms with van der Waals surface area (Å²) in [6.07, 6.45) is 1.90. The second-order valence-corrected chi connectivity index (χ2v) is 5.18. The Bertz CT molecular complexity index is 449. The number of halogens is 2. The Kier molecular flexibility index (Phi) is 6.79. The summed E-state index contributed by atoms with van der Waals surface area (Å²) >= 11 is 6.25. The predicted molar refractivity (Wildman–Crippen MR) is 79.0 cm³/mol. The second-order valence-electron chi connectivity index (χ2n) is 4.62. The van der Waals surface area contributed by atoms with Crippen molar-refractivity contribution in [3.8, 4) is 5.75 Å². The number of alkyl halides is 1. The Labute approximate surface area is 124 Å². The van der Waals surface area contributed by atoms with E-state index in [4.69, 9.17) is 16.3 Å². The van der Waals surface area contributed by atoms with Gasteiger partial charge in [0.05, 0.1) is 12.5 Å². The van der Waals surface area contributed by atoms with Gasteiger partial charge in [-0.05, 0) is 18.1 Å². The summed E-state index contributed by atoms with van der Waals surface area (Å²) in [6.45, 7) is 4.43. The summed E-state index contributed by atoms with van der Waals surface area (Å²) in [5.41, 5.74) is -0.0802. The van der Waals surface area contributed by atoms with E-state index in [1.807, 2.05) is 0 Å². The average molecular weight is 302 g/mol. The van der Waals surface area contributed by atoms with E-state index in [0.717, 1.165) is 12.8 Å². The number of nitrogens with one attached hydrogen (secondary N) is 1. The van der Waals surface area contributed by atoms with Gasteiger partial charge in [0.2, 0.25) is 0 Å². The van der Waals surface area contributed by atoms with Gasteiger partial charge < -0.3 is 10.1 Å². The van der Waals surface area contributed by atoms with Crippen LogP contribution in [0, 0.1) is 11.7 Å². The number of ether oxygens (including phenoxy) is 1. The molecule has 0 aliphatic heterocycles. The van der Waals surface area contributed by atoms with Gasteiger partial charge in [-0.3, -0.25) is 4.79 Å². The quantitative estimate of drug-likeness (QED) is 0.781. The van der Waals surface area contributed by atoms with Gasteiger partial charge in [-0.25, -0.2) is 4.39 Å². The zero-order valence-corrected chi connectivity index (χ0v) is 12.8. The van der Waals surface area contributed by atoms with Gasteiger partial charge in [-0.15, -0.1) is 11.6 Å². The number of hydrogen-bond donors (Lipinski definition) is 1. The van der Waals surface area contributed by atoms with Gasteiger partial charge in [-0.2, -0.15) is 0 Å². The molecule has 0 spiro atoms. The molecule has 1 amide bonds. The third kappa shape index (κ3) is 4.10. The summed E-state index contributed by atoms with van der Waals surface area (Å²) in [6, 6.07) is 4.28. The standard InChI is InChI=1S/C15H21ClFNO2/c1-4-10(5-2)11(16)9-18-15(19)14-12(17)7-6-8-13(14)20-3/h6-8,10-11H,4-5,9H2,1-3H3,(H,18,19). The monoisotopic (exact) mass is 301 g/mol. The van der Waals surface area contributed by atoms with Crippen LogP contribution in [0.15, 0.2) is 18.2 Å². The first-order chi connectivity index (χ1) is 9.54. The summed E-state index contributed by atoms with van der Waals surface area (Å²) in [5.74, 6) is -0.553. The molecule has 0 fully saturated rings. The number of methoxy groups -OCH3 is 1. The molecule has 5 heteroatoms. The zero-order valence-electron chi connectivity index (χ0n) is 12.1. The van der Waals surface area contributed by atoms with Crippen LogP contribution >= 0.6 is 11.6 Å². The normalized spacial score (nSPS) is 12.3. The minimum atomic E-state index is -0.601. The minimum Gasteiger partial charge on any atom is -0.496 e. The summed E-state index contributed by atoms with van der Waals surface area (Å²) in [5, 5.41) is 2.51. The molecular weight excluding hydrogens is 281 g/mol. The highest BCUT2D eigenvalue weighted by atomic mass is 35.5. The van der Waals surface area contributed by atoms with Crippen molar-refractivity contribution in [2.24, 2.45) is 5.92 Å². The topological polar surface area (TPSA) is 38.3 Å². The summed E-state index contributed by atoms with van der Waals surface area (Å²) < 4.78 is 18.7. The van der Waals surface area contributed by atoms with Gasteiger partial charge in [0, 0.05) is 6.54 Å². The minimum absolute atomic E-state index is 0.0802. The van der Waals surface area contributed by atoms with Crippen LogP contribution in [0.3, 0.4) is 0 Å². The third-order valence-electron chi connectivity index (χ3n) is 3.44. The Hall–Kier alpha value is -1.29. The van der Waals surface area contributed by atoms with Crippen LogP contribution in [-0.2, 0) is 0 Å². The number of carbonyl (C=O) groups excluding carboxylic acids is 1. The lowest BCUT2D eigenvalue weighted by Gasteiger charge is -2.19. The van der Waals surface area contributed by atoms with Crippen molar-refractivity contribution in [1.29, 1.82) is 0 Å². The Morgan fingerprint density at radius 1 is 1.40 bits per heavy atom. The van der Waals surface area contributed by atoms with E-state index in [-0.39, 0.29) is 16.7 Å². The third-order valence-corrected chi connectivity index (χ3v) is 3.95. The van der Waals surface area contributed by atoms with Crippen molar-refractivity contribution < 1.29 is 13.9 Å². The van der Waals surface area contributed by atoms with Crippen LogP contribution in [0.5, 0.6) is 5.75 Å². The molecule has 1 atom stereocenters. The Balaban J connectivity index is 2.73. The van der Waals surface area contributed by atoms with E-state index in [1.165, 1.54) is 19.2 Å². The van der Waals surface area contributed by atoms with E-state index >= 15 is 0 Å². The SMILES string of the molecule is CCC(CC)C(Cl)CNC(=O)c1c(F)cccc1OC. The van der Waals surface area contributed by atoms with Gasteiger partial charge in [0.1, 0.15) is 17.1 Å². The molecule has 0 bridgehead atoms. The molecule has 112 valence electrons. The number of hydrogen-bond acceptors (Lipinski definition) is 2. The maximum Gasteiger partial charge on any atom is 0.258 e. The Morgan fingerprint density at radius 3 is 2.60 bits per heavy atom. The highest BCUT2D eigenvalue weighted by molar-refractivity contribution is 6.21. The highest BCUT2D eigenvalue weighted by Gasteiger charge is 2.20. The lowest BCUT2D eigenvalue weighted by Crippen LogP contribution is -2.33. The van der Waals surface area contributed by atoms with E-state index in [9.17, 15) is 9.18 Å². The first kappa shape index (κ1) is 16.8. The molecule has 1 aromatic carbocycles. The van der Waals surface area contributed by atoms with Gasteiger partial charge in [0.25, 0.3) is 5.91 Å². The molecular formula is C15H21ClFNO2. The fourth-order valence-corrected chi connectivity index (χ4v) is 2.57. The van der Waals surface area contributed by atoms with Gasteiger partial charge in [-0.1, -0.05) is 32.8 Å². The zero-order chi connectivity index (χ0) is 15.1. The number of amides is 1. The lowest BCUT2D eigenvalue weighted by molar-refractivity contribution is 0.0944. The van der Waals surface area contributed by atoms with Crippen LogP contribution in [0.25, 0.3) is 0 Å². The number of benzene rings is 1. The van der Waals surface area contributed by atoms with E-state index < -0.39 is 11.7 Å². The molecule has 0 aliphatic carbocycles. The largest absolute Gasteiger partial charge is 0.496 e. The Morgan fingerprint density at radius 2 is 2.05 bits per heavy atom. The van der Waals surface area contributed by atoms with Crippen LogP contribution < -0.4 is 10.1 Å². The summed E-state index contributed by atoms with van der Waals surface area (Å²) in [4.78, 5) is 12.1. The predicted octanol–water partition coefficient (Wildman–Crippen LogP) is 3.61. The number of rotatable bonds is 7. The van der Waals surface area contributed by atoms with Crippen molar-refractivity contribution in [1.82, 2.24) is 5.32 Å². The molecule has 0 saturated heterocycles. The molecule has 0 radical (unpaired) electrons. The molecule has 1 rings (SSSR count). The molecule has 0 heterocycles. The van der Waals surface area contributed by atoms with Crippen LogP contribution in [-0.4, -0.2) is 24.9 Å². The fourth-order valence-electron chi connectivity index (χ4n) is 2.14. The van der Waals surface area contributed by atoms with Gasteiger partial charge >= 0.3 is 0 Å². The molecule has 3 nitrogen and oxygen atoms in total. The molecule has 0 aliphatic rings. The first-order valence-electron chi connectivity index (χ1n) is 6.79. The molecule has 0 aromatic heterocycles. The maximum atomic E-state index is 13.7. The van der Waals surface area contributed by atoms with Crippen LogP contribution in [0.1, 0.15) is 37.0 Å². The van der Waals surface area contributed by atoms with Crippen molar-refractivity contribution in [3.05, 3.63) is 29.6 Å². The maximum absolute atomic E-state index is 13.7. The van der Waals surface area contributed by atoms with Crippen LogP contribution in [0.2, 0.25) is 0 Å². The smallest absolute Gasteiger partial charge is 0.258 e. The second kappa shape index (κ2) is 8.10. The molecule has 1 unspecified atom stereocenters. The molecule has 0 saturated carbocycles. The van der Waals surface area contributed by atoms with E-state index in [1.54, 1.807) is 6.07 Å². The first-order valence-corrected chi connectivity index (χ1v) is 7.23. The molecule has 1 N–H and O–H groups in total. The van der Waals surface area contributed by atoms with Crippen molar-refractivity contribution in [2.75, 3.05) is 13.7 Å². The molecule has 20 heavy (non-hydrogen) atoms. The molecule has 1 aromatic rings. The van der Waals surface area contributed by atoms with E-state index in [0.29, 0.717) is 12.5 Å². The van der Waals surface area contributed by atoms with Gasteiger partial charge in [0.15, 0.2) is 0 Å². The summed E-state index contributed by atoms with van der Waals surface area (Å²) in [7, 11) is 1.40. The number of carbonyl (C=O) groups is 1. The van der Waals surface area contributed by atoms with E-state index in [2.05, 4.69) is 19.2 Å². The average Bonchev–Trinajstić information content (AvgIpc) is 2.45. The van der Waals surface area contributed by atoms with Crippen molar-refractivity contribution >= 4 is 17.5 Å². The highest BCUT2D eigenvalue weighted by Crippen LogP contribution is 2.22. The fraction of sp³-hybridized carbons (Fsp3) is 0.533. The van der Waals surface area contributed by atoms with Crippen molar-refractivity contribution in [3.63, 3.8) is 0 Å². The lowest BCUT2D eigenvalue weighted by atomic mass is 9.99. The van der Waals surface area contributed by atoms with Crippen LogP contribution in [0.4, 0.5) is 4.39 Å².